The van der Waals surface area contributed by atoms with Crippen molar-refractivity contribution in [2.45, 2.75) is 18.2 Å². The molecule has 0 atom stereocenters. The molecule has 1 aliphatic heterocycles. The molecule has 0 unspecified atom stereocenters. The van der Waals surface area contributed by atoms with Crippen LogP contribution < -0.4 is 4.90 Å². The van der Waals surface area contributed by atoms with Crippen molar-refractivity contribution in [2.24, 2.45) is 0 Å². The lowest BCUT2D eigenvalue weighted by molar-refractivity contribution is -0.118. The van der Waals surface area contributed by atoms with Crippen molar-refractivity contribution in [2.75, 3.05) is 50.0 Å². The molecule has 9 heteroatoms. The first-order valence-electron chi connectivity index (χ1n) is 10.5. The van der Waals surface area contributed by atoms with Gasteiger partial charge in [-0.05, 0) is 25.1 Å². The summed E-state index contributed by atoms with van der Waals surface area (Å²) in [4.78, 5) is 22.5. The molecule has 170 valence electrons. The molecule has 1 fully saturated rings. The minimum Gasteiger partial charge on any atom is -0.379 e. The van der Waals surface area contributed by atoms with E-state index >= 15 is 0 Å². The van der Waals surface area contributed by atoms with E-state index in [-0.39, 0.29) is 11.4 Å². The van der Waals surface area contributed by atoms with Gasteiger partial charge in [-0.1, -0.05) is 29.0 Å². The molecule has 32 heavy (non-hydrogen) atoms. The van der Waals surface area contributed by atoms with Crippen molar-refractivity contribution >= 4 is 44.4 Å². The lowest BCUT2D eigenvalue weighted by Gasteiger charge is -2.29. The highest BCUT2D eigenvalue weighted by Gasteiger charge is 2.22. The predicted octanol–water partition coefficient (Wildman–Crippen LogP) is 4.73. The smallest absolute Gasteiger partial charge is 0.229 e. The van der Waals surface area contributed by atoms with Crippen molar-refractivity contribution in [1.29, 1.82) is 0 Å². The van der Waals surface area contributed by atoms with Crippen LogP contribution in [0.1, 0.15) is 12.0 Å². The zero-order chi connectivity index (χ0) is 22.5. The number of hydrogen-bond donors (Lipinski definition) is 0. The molecule has 0 saturated carbocycles. The topological polar surface area (TPSA) is 45.7 Å². The van der Waals surface area contributed by atoms with Crippen LogP contribution in [0.4, 0.5) is 13.9 Å². The van der Waals surface area contributed by atoms with Gasteiger partial charge in [0.2, 0.25) is 5.91 Å². The third kappa shape index (κ3) is 5.83. The zero-order valence-electron chi connectivity index (χ0n) is 17.9. The van der Waals surface area contributed by atoms with Crippen LogP contribution in [-0.2, 0) is 9.53 Å². The summed E-state index contributed by atoms with van der Waals surface area (Å²) < 4.78 is 33.6. The molecule has 4 rings (SSSR count). The fourth-order valence-corrected chi connectivity index (χ4v) is 5.37. The number of anilines is 1. The van der Waals surface area contributed by atoms with E-state index in [9.17, 15) is 13.6 Å². The van der Waals surface area contributed by atoms with Crippen LogP contribution >= 0.6 is 23.1 Å². The van der Waals surface area contributed by atoms with Crippen molar-refractivity contribution in [3.8, 4) is 0 Å². The molecule has 0 N–H and O–H groups in total. The van der Waals surface area contributed by atoms with E-state index in [2.05, 4.69) is 9.88 Å². The van der Waals surface area contributed by atoms with Crippen molar-refractivity contribution < 1.29 is 18.3 Å². The highest BCUT2D eigenvalue weighted by atomic mass is 32.2. The van der Waals surface area contributed by atoms with Gasteiger partial charge in [0.05, 0.1) is 17.9 Å². The number of morpholine rings is 1. The van der Waals surface area contributed by atoms with Crippen LogP contribution in [0.2, 0.25) is 0 Å². The second kappa shape index (κ2) is 10.7. The third-order valence-electron chi connectivity index (χ3n) is 5.28. The Morgan fingerprint density at radius 1 is 1.22 bits per heavy atom. The second-order valence-electron chi connectivity index (χ2n) is 7.64. The summed E-state index contributed by atoms with van der Waals surface area (Å²) >= 11 is 2.77. The van der Waals surface area contributed by atoms with Crippen LogP contribution in [0, 0.1) is 18.6 Å². The van der Waals surface area contributed by atoms with E-state index in [0.717, 1.165) is 35.4 Å². The van der Waals surface area contributed by atoms with Gasteiger partial charge in [0.15, 0.2) is 10.9 Å². The number of carbonyl (C=O) groups is 1. The Morgan fingerprint density at radius 2 is 1.97 bits per heavy atom. The van der Waals surface area contributed by atoms with E-state index in [0.29, 0.717) is 48.3 Å². The van der Waals surface area contributed by atoms with E-state index in [1.54, 1.807) is 16.7 Å². The monoisotopic (exact) mass is 477 g/mol. The molecule has 0 spiro atoms. The fourth-order valence-electron chi connectivity index (χ4n) is 3.48. The number of nitrogens with zero attached hydrogens (tertiary/aromatic N) is 3. The molecular weight excluding hydrogens is 452 g/mol. The molecule has 1 amide bonds. The number of ether oxygens (including phenoxy) is 1. The maximum atomic E-state index is 14.2. The first kappa shape index (κ1) is 23.1. The van der Waals surface area contributed by atoms with Crippen LogP contribution in [0.25, 0.3) is 10.2 Å². The summed E-state index contributed by atoms with van der Waals surface area (Å²) in [6, 6.07) is 10.3. The average Bonchev–Trinajstić information content (AvgIpc) is 3.20. The van der Waals surface area contributed by atoms with E-state index in [4.69, 9.17) is 4.74 Å². The molecule has 5 nitrogen and oxygen atoms in total. The number of benzene rings is 2. The van der Waals surface area contributed by atoms with Gasteiger partial charge in [0.25, 0.3) is 0 Å². The molecule has 1 aliphatic rings. The number of thioether (sulfide) groups is 1. The number of aryl methyl sites for hydroxylation is 1. The maximum Gasteiger partial charge on any atom is 0.229 e. The first-order valence-corrected chi connectivity index (χ1v) is 12.4. The fraction of sp³-hybridized carbons (Fsp3) is 0.391. The standard InChI is InChI=1S/C23H25F2N3O2S2/c1-16-2-4-18(5-3-16)31-13-6-21(29)28(8-7-27-9-11-30-12-10-27)23-26-22-19(25)14-17(24)15-20(22)32-23/h2-5,14-15H,6-13H2,1H3. The Balaban J connectivity index is 1.48. The van der Waals surface area contributed by atoms with Crippen LogP contribution in [0.3, 0.4) is 0 Å². The molecule has 2 heterocycles. The lowest BCUT2D eigenvalue weighted by atomic mass is 10.2. The van der Waals surface area contributed by atoms with Gasteiger partial charge in [-0.15, -0.1) is 11.8 Å². The minimum absolute atomic E-state index is 0.0715. The zero-order valence-corrected chi connectivity index (χ0v) is 19.5. The number of hydrogen-bond acceptors (Lipinski definition) is 6. The summed E-state index contributed by atoms with van der Waals surface area (Å²) in [5.74, 6) is -0.800. The maximum absolute atomic E-state index is 14.2. The number of thiazole rings is 1. The number of amides is 1. The van der Waals surface area contributed by atoms with Crippen molar-refractivity contribution in [1.82, 2.24) is 9.88 Å². The van der Waals surface area contributed by atoms with E-state index < -0.39 is 11.6 Å². The Morgan fingerprint density at radius 3 is 2.72 bits per heavy atom. The Kier molecular flexibility index (Phi) is 7.72. The normalized spacial score (nSPS) is 14.7. The number of rotatable bonds is 8. The highest BCUT2D eigenvalue weighted by Crippen LogP contribution is 2.32. The van der Waals surface area contributed by atoms with Gasteiger partial charge in [-0.25, -0.2) is 13.8 Å². The van der Waals surface area contributed by atoms with Crippen molar-refractivity contribution in [3.05, 3.63) is 53.6 Å². The molecule has 0 aliphatic carbocycles. The molecule has 1 aromatic heterocycles. The Hall–Kier alpha value is -2.07. The Bertz CT molecular complexity index is 1070. The molecule has 0 radical (unpaired) electrons. The largest absolute Gasteiger partial charge is 0.379 e. The number of fused-ring (bicyclic) bond motifs is 1. The summed E-state index contributed by atoms with van der Waals surface area (Å²) in [6.07, 6.45) is 0.328. The SMILES string of the molecule is Cc1ccc(SCCC(=O)N(CCN2CCOCC2)c2nc3c(F)cc(F)cc3s2)cc1. The first-order chi connectivity index (χ1) is 15.5. The van der Waals surface area contributed by atoms with Crippen molar-refractivity contribution in [3.63, 3.8) is 0 Å². The van der Waals surface area contributed by atoms with Gasteiger partial charge in [-0.2, -0.15) is 0 Å². The minimum atomic E-state index is -0.710. The second-order valence-corrected chi connectivity index (χ2v) is 9.82. The number of aromatic nitrogens is 1. The Labute approximate surface area is 194 Å². The van der Waals surface area contributed by atoms with Crippen LogP contribution in [0.5, 0.6) is 0 Å². The third-order valence-corrected chi connectivity index (χ3v) is 7.32. The predicted molar refractivity (Wildman–Crippen MR) is 126 cm³/mol. The molecule has 2 aromatic carbocycles. The number of carbonyl (C=O) groups excluding carboxylic acids is 1. The van der Waals surface area contributed by atoms with E-state index in [1.807, 2.05) is 31.2 Å². The quantitative estimate of drug-likeness (QED) is 0.439. The van der Waals surface area contributed by atoms with E-state index in [1.165, 1.54) is 11.6 Å². The van der Waals surface area contributed by atoms with Crippen LogP contribution in [-0.4, -0.2) is 60.9 Å². The number of halogens is 2. The average molecular weight is 478 g/mol. The van der Waals surface area contributed by atoms with Crippen LogP contribution in [0.15, 0.2) is 41.3 Å². The summed E-state index contributed by atoms with van der Waals surface area (Å²) in [6.45, 7) is 6.12. The summed E-state index contributed by atoms with van der Waals surface area (Å²) in [5, 5.41) is 0.406. The molecule has 0 bridgehead atoms. The highest BCUT2D eigenvalue weighted by molar-refractivity contribution is 7.99. The lowest BCUT2D eigenvalue weighted by Crippen LogP contribution is -2.43. The molecule has 1 saturated heterocycles. The summed E-state index contributed by atoms with van der Waals surface area (Å²) in [5.41, 5.74) is 1.30. The van der Waals surface area contributed by atoms with Gasteiger partial charge < -0.3 is 4.74 Å². The summed E-state index contributed by atoms with van der Waals surface area (Å²) in [7, 11) is 0. The van der Waals surface area contributed by atoms with Gasteiger partial charge >= 0.3 is 0 Å². The molecular formula is C23H25F2N3O2S2. The van der Waals surface area contributed by atoms with Gasteiger partial charge in [-0.3, -0.25) is 14.6 Å². The van der Waals surface area contributed by atoms with Gasteiger partial charge in [0, 0.05) is 49.3 Å². The molecule has 3 aromatic rings. The van der Waals surface area contributed by atoms with Gasteiger partial charge in [0.1, 0.15) is 11.3 Å².